The lowest BCUT2D eigenvalue weighted by atomic mass is 9.76. The quantitative estimate of drug-likeness (QED) is 0.701. The second kappa shape index (κ2) is 7.24. The highest BCUT2D eigenvalue weighted by atomic mass is 35.7. The molecule has 0 radical (unpaired) electrons. The van der Waals surface area contributed by atoms with E-state index in [1.54, 1.807) is 16.7 Å². The van der Waals surface area contributed by atoms with Gasteiger partial charge in [0.05, 0.1) is 10.5 Å². The van der Waals surface area contributed by atoms with E-state index in [-0.39, 0.29) is 22.6 Å². The van der Waals surface area contributed by atoms with Gasteiger partial charge in [-0.1, -0.05) is 25.6 Å². The zero-order valence-electron chi connectivity index (χ0n) is 15.7. The van der Waals surface area contributed by atoms with Crippen LogP contribution in [0.25, 0.3) is 0 Å². The summed E-state index contributed by atoms with van der Waals surface area (Å²) in [5.41, 5.74) is 1.82. The fourth-order valence-corrected chi connectivity index (χ4v) is 5.41. The topological polar surface area (TPSA) is 93.4 Å². The average Bonchev–Trinajstić information content (AvgIpc) is 2.78. The van der Waals surface area contributed by atoms with E-state index in [4.69, 9.17) is 10.7 Å². The Bertz CT molecular complexity index is 1070. The van der Waals surface area contributed by atoms with Crippen molar-refractivity contribution in [2.24, 2.45) is 5.41 Å². The van der Waals surface area contributed by atoms with Crippen LogP contribution < -0.4 is 0 Å². The Labute approximate surface area is 172 Å². The first-order valence-electron chi connectivity index (χ1n) is 8.58. The minimum absolute atomic E-state index is 0.000875. The van der Waals surface area contributed by atoms with Gasteiger partial charge in [0.25, 0.3) is 9.05 Å². The predicted octanol–water partition coefficient (Wildman–Crippen LogP) is 4.11. The number of aliphatic carboxylic acids is 1. The number of Topliss-reactive ketones (excluding diaryl/α,β-unsaturated/α-hetero) is 1. The Hall–Kier alpha value is -1.77. The molecular weight excluding hydrogens is 422 g/mol. The van der Waals surface area contributed by atoms with Crippen molar-refractivity contribution in [1.29, 1.82) is 0 Å². The maximum absolute atomic E-state index is 12.9. The van der Waals surface area contributed by atoms with Crippen LogP contribution in [0.15, 0.2) is 39.0 Å². The summed E-state index contributed by atoms with van der Waals surface area (Å²) >= 11 is 1.33. The number of fused-ring (bicyclic) bond motifs is 1. The van der Waals surface area contributed by atoms with Crippen molar-refractivity contribution in [3.05, 3.63) is 41.2 Å². The monoisotopic (exact) mass is 441 g/mol. The van der Waals surface area contributed by atoms with E-state index in [1.165, 1.54) is 23.9 Å². The highest BCUT2D eigenvalue weighted by Gasteiger charge is 2.37. The van der Waals surface area contributed by atoms with Crippen LogP contribution in [0.4, 0.5) is 0 Å². The molecule has 1 aliphatic carbocycles. The molecule has 3 rings (SSSR count). The standard InChI is InChI=1S/C19H20ClNO5S2/c1-11-18(27-12-4-6-13(7-5-12)28(20,25)26)17-14(21(11)10-16(23)24)8-19(2,3)9-15(17)22/h4-7H,8-10H2,1-3H3,(H,23,24). The van der Waals surface area contributed by atoms with Crippen molar-refractivity contribution in [2.45, 2.75) is 54.8 Å². The maximum Gasteiger partial charge on any atom is 0.323 e. The third-order valence-corrected chi connectivity index (χ3v) is 7.34. The highest BCUT2D eigenvalue weighted by molar-refractivity contribution is 8.13. The molecule has 0 atom stereocenters. The molecule has 0 unspecified atom stereocenters. The number of benzene rings is 1. The van der Waals surface area contributed by atoms with Crippen LogP contribution in [-0.4, -0.2) is 29.8 Å². The second-order valence-corrected chi connectivity index (χ2v) is 11.3. The number of carbonyl (C=O) groups is 2. The van der Waals surface area contributed by atoms with Crippen LogP contribution in [0.5, 0.6) is 0 Å². The van der Waals surface area contributed by atoms with Gasteiger partial charge in [0, 0.05) is 38.3 Å². The van der Waals surface area contributed by atoms with Crippen molar-refractivity contribution in [1.82, 2.24) is 4.57 Å². The van der Waals surface area contributed by atoms with E-state index >= 15 is 0 Å². The number of rotatable bonds is 5. The molecule has 1 aromatic heterocycles. The molecule has 150 valence electrons. The molecule has 0 saturated carbocycles. The number of aromatic nitrogens is 1. The SMILES string of the molecule is Cc1c(Sc2ccc(S(=O)(=O)Cl)cc2)c2c(n1CC(=O)O)CC(C)(C)CC2=O. The largest absolute Gasteiger partial charge is 0.480 e. The third-order valence-electron chi connectivity index (χ3n) is 4.76. The van der Waals surface area contributed by atoms with Crippen molar-refractivity contribution in [3.63, 3.8) is 0 Å². The molecule has 0 amide bonds. The van der Waals surface area contributed by atoms with Crippen LogP contribution >= 0.6 is 22.4 Å². The first kappa shape index (κ1) is 21.0. The van der Waals surface area contributed by atoms with Gasteiger partial charge in [0.1, 0.15) is 6.54 Å². The number of carboxylic acids is 1. The van der Waals surface area contributed by atoms with E-state index in [1.807, 2.05) is 20.8 Å². The van der Waals surface area contributed by atoms with Gasteiger partial charge in [0.15, 0.2) is 5.78 Å². The second-order valence-electron chi connectivity index (χ2n) is 7.67. The van der Waals surface area contributed by atoms with Crippen molar-refractivity contribution in [2.75, 3.05) is 0 Å². The van der Waals surface area contributed by atoms with Crippen LogP contribution in [0.3, 0.4) is 0 Å². The minimum atomic E-state index is -3.81. The lowest BCUT2D eigenvalue weighted by molar-refractivity contribution is -0.137. The van der Waals surface area contributed by atoms with Crippen LogP contribution in [-0.2, 0) is 26.8 Å². The summed E-state index contributed by atoms with van der Waals surface area (Å²) in [6.45, 7) is 5.60. The molecular formula is C19H20ClNO5S2. The fourth-order valence-electron chi connectivity index (χ4n) is 3.54. The molecule has 0 fully saturated rings. The third kappa shape index (κ3) is 4.14. The van der Waals surface area contributed by atoms with Crippen LogP contribution in [0, 0.1) is 12.3 Å². The number of hydrogen-bond acceptors (Lipinski definition) is 5. The Balaban J connectivity index is 2.08. The van der Waals surface area contributed by atoms with Gasteiger partial charge in [-0.2, -0.15) is 0 Å². The van der Waals surface area contributed by atoms with Crippen molar-refractivity contribution < 1.29 is 23.1 Å². The number of halogens is 1. The summed E-state index contributed by atoms with van der Waals surface area (Å²) in [6, 6.07) is 6.06. The van der Waals surface area contributed by atoms with E-state index in [2.05, 4.69) is 0 Å². The summed E-state index contributed by atoms with van der Waals surface area (Å²) in [5, 5.41) is 9.31. The molecule has 1 N–H and O–H groups in total. The van der Waals surface area contributed by atoms with Crippen LogP contribution in [0.2, 0.25) is 0 Å². The molecule has 9 heteroatoms. The van der Waals surface area contributed by atoms with Gasteiger partial charge in [-0.15, -0.1) is 0 Å². The summed E-state index contributed by atoms with van der Waals surface area (Å²) in [6.07, 6.45) is 1.01. The normalized spacial score (nSPS) is 16.1. The first-order valence-corrected chi connectivity index (χ1v) is 11.7. The zero-order chi connectivity index (χ0) is 20.9. The number of carboxylic acid groups (broad SMARTS) is 1. The maximum atomic E-state index is 12.9. The predicted molar refractivity (Wildman–Crippen MR) is 107 cm³/mol. The molecule has 0 bridgehead atoms. The molecule has 0 spiro atoms. The number of hydrogen-bond donors (Lipinski definition) is 1. The van der Waals surface area contributed by atoms with E-state index in [0.717, 1.165) is 21.2 Å². The number of carbonyl (C=O) groups excluding carboxylic acids is 1. The zero-order valence-corrected chi connectivity index (χ0v) is 18.0. The van der Waals surface area contributed by atoms with Gasteiger partial charge in [0.2, 0.25) is 0 Å². The molecule has 0 aliphatic heterocycles. The Kier molecular flexibility index (Phi) is 5.42. The summed E-state index contributed by atoms with van der Waals surface area (Å²) in [4.78, 5) is 25.7. The van der Waals surface area contributed by atoms with Gasteiger partial charge < -0.3 is 9.67 Å². The Morgan fingerprint density at radius 3 is 2.39 bits per heavy atom. The van der Waals surface area contributed by atoms with Crippen molar-refractivity contribution in [3.8, 4) is 0 Å². The van der Waals surface area contributed by atoms with E-state index in [0.29, 0.717) is 18.4 Å². The number of nitrogens with zero attached hydrogens (tertiary/aromatic N) is 1. The Morgan fingerprint density at radius 1 is 1.25 bits per heavy atom. The van der Waals surface area contributed by atoms with Gasteiger partial charge >= 0.3 is 5.97 Å². The smallest absolute Gasteiger partial charge is 0.323 e. The molecule has 0 saturated heterocycles. The molecule has 1 heterocycles. The fraction of sp³-hybridized carbons (Fsp3) is 0.368. The van der Waals surface area contributed by atoms with Gasteiger partial charge in [-0.25, -0.2) is 8.42 Å². The highest BCUT2D eigenvalue weighted by Crippen LogP contribution is 2.44. The first-order chi connectivity index (χ1) is 12.9. The van der Waals surface area contributed by atoms with E-state index in [9.17, 15) is 23.1 Å². The molecule has 1 aliphatic rings. The summed E-state index contributed by atoms with van der Waals surface area (Å²) in [7, 11) is 1.54. The lowest BCUT2D eigenvalue weighted by Gasteiger charge is -2.29. The van der Waals surface area contributed by atoms with Gasteiger partial charge in [-0.05, 0) is 43.0 Å². The molecule has 28 heavy (non-hydrogen) atoms. The summed E-state index contributed by atoms with van der Waals surface area (Å²) in [5.74, 6) is -0.967. The van der Waals surface area contributed by atoms with Crippen LogP contribution in [0.1, 0.15) is 42.0 Å². The number of ketones is 1. The summed E-state index contributed by atoms with van der Waals surface area (Å²) < 4.78 is 24.5. The molecule has 6 nitrogen and oxygen atoms in total. The molecule has 1 aromatic carbocycles. The van der Waals surface area contributed by atoms with Gasteiger partial charge in [-0.3, -0.25) is 9.59 Å². The minimum Gasteiger partial charge on any atom is -0.480 e. The Morgan fingerprint density at radius 2 is 1.86 bits per heavy atom. The lowest BCUT2D eigenvalue weighted by Crippen LogP contribution is -2.29. The van der Waals surface area contributed by atoms with Crippen molar-refractivity contribution >= 4 is 43.2 Å². The van der Waals surface area contributed by atoms with E-state index < -0.39 is 15.0 Å². The molecule has 2 aromatic rings. The average molecular weight is 442 g/mol.